The Balaban J connectivity index is 2.03. The molecule has 0 radical (unpaired) electrons. The van der Waals surface area contributed by atoms with Gasteiger partial charge in [0, 0.05) is 12.5 Å². The summed E-state index contributed by atoms with van der Waals surface area (Å²) in [6.45, 7) is 4.14. The summed E-state index contributed by atoms with van der Waals surface area (Å²) in [7, 11) is -2.47. The van der Waals surface area contributed by atoms with Crippen molar-refractivity contribution in [2.24, 2.45) is 5.14 Å². The number of halogens is 1. The minimum Gasteiger partial charge on any atom is -0.497 e. The molecule has 0 amide bonds. The number of hydrogen-bond donors (Lipinski definition) is 1. The first-order valence-corrected chi connectivity index (χ1v) is 10.4. The van der Waals surface area contributed by atoms with Crippen molar-refractivity contribution in [3.05, 3.63) is 59.7 Å². The lowest BCUT2D eigenvalue weighted by atomic mass is 10.00. The lowest BCUT2D eigenvalue weighted by Crippen LogP contribution is -2.17. The van der Waals surface area contributed by atoms with E-state index in [0.29, 0.717) is 29.4 Å². The number of nitrogens with two attached hydrogens (primary N) is 1. The Labute approximate surface area is 168 Å². The van der Waals surface area contributed by atoms with E-state index >= 15 is 0 Å². The van der Waals surface area contributed by atoms with Crippen LogP contribution in [0.4, 0.5) is 4.39 Å². The molecule has 0 saturated carbocycles. The van der Waals surface area contributed by atoms with E-state index in [9.17, 15) is 12.8 Å². The molecule has 154 valence electrons. The van der Waals surface area contributed by atoms with Crippen LogP contribution in [0, 0.1) is 5.82 Å². The second-order valence-electron chi connectivity index (χ2n) is 6.31. The predicted octanol–water partition coefficient (Wildman–Crippen LogP) is 3.04. The smallest absolute Gasteiger partial charge is 0.322 e. The molecule has 0 saturated heterocycles. The van der Waals surface area contributed by atoms with Gasteiger partial charge in [-0.3, -0.25) is 4.57 Å². The van der Waals surface area contributed by atoms with Crippen LogP contribution in [-0.4, -0.2) is 30.3 Å². The third-order valence-corrected chi connectivity index (χ3v) is 5.45. The maximum Gasteiger partial charge on any atom is 0.322 e. The van der Waals surface area contributed by atoms with Gasteiger partial charge in [0.05, 0.1) is 12.0 Å². The zero-order chi connectivity index (χ0) is 21.2. The molecule has 3 aromatic rings. The van der Waals surface area contributed by atoms with Crippen molar-refractivity contribution in [3.63, 3.8) is 0 Å². The van der Waals surface area contributed by atoms with Crippen molar-refractivity contribution >= 4 is 10.0 Å². The molecule has 0 aliphatic carbocycles. The van der Waals surface area contributed by atoms with Crippen LogP contribution in [0.25, 0.3) is 0 Å². The summed E-state index contributed by atoms with van der Waals surface area (Å²) in [5.41, 5.74) is 0.433. The lowest BCUT2D eigenvalue weighted by Gasteiger charge is -2.17. The van der Waals surface area contributed by atoms with Gasteiger partial charge in [-0.15, -0.1) is 5.10 Å². The van der Waals surface area contributed by atoms with E-state index < -0.39 is 15.9 Å². The molecule has 2 N–H and O–H groups in total. The molecule has 1 aromatic heterocycles. The average molecular weight is 420 g/mol. The first-order valence-electron chi connectivity index (χ1n) is 8.81. The van der Waals surface area contributed by atoms with Crippen LogP contribution < -0.4 is 14.6 Å². The van der Waals surface area contributed by atoms with Crippen LogP contribution in [0.3, 0.4) is 0 Å². The Bertz CT molecular complexity index is 1110. The van der Waals surface area contributed by atoms with Crippen molar-refractivity contribution in [2.45, 2.75) is 31.2 Å². The highest BCUT2D eigenvalue weighted by Gasteiger charge is 2.25. The highest BCUT2D eigenvalue weighted by atomic mass is 32.2. The van der Waals surface area contributed by atoms with Gasteiger partial charge in [-0.05, 0) is 55.0 Å². The summed E-state index contributed by atoms with van der Waals surface area (Å²) in [6.07, 6.45) is 0. The summed E-state index contributed by atoms with van der Waals surface area (Å²) in [5, 5.41) is 13.7. The largest absolute Gasteiger partial charge is 0.497 e. The Hall–Kier alpha value is -2.98. The third-order valence-electron chi connectivity index (χ3n) is 4.46. The maximum absolute atomic E-state index is 13.1. The van der Waals surface area contributed by atoms with Crippen LogP contribution in [0.15, 0.2) is 47.4 Å². The van der Waals surface area contributed by atoms with Gasteiger partial charge in [0.2, 0.25) is 10.0 Å². The van der Waals surface area contributed by atoms with Crippen LogP contribution in [0.5, 0.6) is 17.5 Å². The Morgan fingerprint density at radius 1 is 1.14 bits per heavy atom. The normalized spacial score (nSPS) is 12.6. The van der Waals surface area contributed by atoms with Crippen molar-refractivity contribution in [1.29, 1.82) is 0 Å². The van der Waals surface area contributed by atoms with E-state index in [-0.39, 0.29) is 16.7 Å². The van der Waals surface area contributed by atoms with E-state index in [1.165, 1.54) is 43.5 Å². The SMILES string of the molecule is CCn1c(Oc2ccc(F)cc2)nnc1[C@H](C)c1cc(OC)ccc1S(N)(=O)=O. The van der Waals surface area contributed by atoms with Gasteiger partial charge in [0.1, 0.15) is 23.1 Å². The zero-order valence-corrected chi connectivity index (χ0v) is 17.0. The van der Waals surface area contributed by atoms with Crippen LogP contribution >= 0.6 is 0 Å². The Kier molecular flexibility index (Phi) is 5.85. The molecule has 8 nitrogen and oxygen atoms in total. The number of rotatable bonds is 7. The number of nitrogens with zero attached hydrogens (tertiary/aromatic N) is 3. The Morgan fingerprint density at radius 2 is 1.79 bits per heavy atom. The topological polar surface area (TPSA) is 109 Å². The van der Waals surface area contributed by atoms with E-state index in [2.05, 4.69) is 10.2 Å². The van der Waals surface area contributed by atoms with Crippen LogP contribution in [0.2, 0.25) is 0 Å². The van der Waals surface area contributed by atoms with Gasteiger partial charge in [0.25, 0.3) is 0 Å². The molecule has 0 bridgehead atoms. The van der Waals surface area contributed by atoms with Gasteiger partial charge < -0.3 is 9.47 Å². The van der Waals surface area contributed by atoms with E-state index in [4.69, 9.17) is 14.6 Å². The number of ether oxygens (including phenoxy) is 2. The second-order valence-corrected chi connectivity index (χ2v) is 7.84. The minimum atomic E-state index is -3.96. The number of benzene rings is 2. The number of hydrogen-bond acceptors (Lipinski definition) is 6. The van der Waals surface area contributed by atoms with Crippen LogP contribution in [-0.2, 0) is 16.6 Å². The molecule has 29 heavy (non-hydrogen) atoms. The molecule has 3 rings (SSSR count). The van der Waals surface area contributed by atoms with Gasteiger partial charge in [0.15, 0.2) is 0 Å². The highest BCUT2D eigenvalue weighted by molar-refractivity contribution is 7.89. The molecule has 10 heteroatoms. The quantitative estimate of drug-likeness (QED) is 0.629. The fourth-order valence-electron chi connectivity index (χ4n) is 2.99. The van der Waals surface area contributed by atoms with Crippen molar-refractivity contribution in [1.82, 2.24) is 14.8 Å². The summed E-state index contributed by atoms with van der Waals surface area (Å²) >= 11 is 0. The van der Waals surface area contributed by atoms with Gasteiger partial charge in [-0.1, -0.05) is 12.0 Å². The molecule has 2 aromatic carbocycles. The number of methoxy groups -OCH3 is 1. The molecule has 1 heterocycles. The fraction of sp³-hybridized carbons (Fsp3) is 0.263. The van der Waals surface area contributed by atoms with E-state index in [1.807, 2.05) is 6.92 Å². The molecule has 0 aliphatic heterocycles. The summed E-state index contributed by atoms with van der Waals surface area (Å²) < 4.78 is 49.9. The molecule has 0 aliphatic rings. The first kappa shape index (κ1) is 20.7. The molecule has 0 unspecified atom stereocenters. The third kappa shape index (κ3) is 4.38. The number of primary sulfonamides is 1. The molecular weight excluding hydrogens is 399 g/mol. The monoisotopic (exact) mass is 420 g/mol. The summed E-state index contributed by atoms with van der Waals surface area (Å²) in [5.74, 6) is 0.528. The average Bonchev–Trinajstić information content (AvgIpc) is 3.10. The zero-order valence-electron chi connectivity index (χ0n) is 16.2. The van der Waals surface area contributed by atoms with Crippen molar-refractivity contribution in [2.75, 3.05) is 7.11 Å². The summed E-state index contributed by atoms with van der Waals surface area (Å²) in [6, 6.07) is 10.3. The Morgan fingerprint density at radius 3 is 2.38 bits per heavy atom. The standard InChI is InChI=1S/C19H21FN4O4S/c1-4-24-18(22-23-19(24)28-14-7-5-13(20)6-8-14)12(2)16-11-15(27-3)9-10-17(16)29(21,25)26/h5-12H,4H2,1-3H3,(H2,21,25,26)/t12-/m1/s1. The van der Waals surface area contributed by atoms with E-state index in [0.717, 1.165) is 0 Å². The number of sulfonamides is 1. The second kappa shape index (κ2) is 8.18. The molecule has 0 spiro atoms. The van der Waals surface area contributed by atoms with Crippen molar-refractivity contribution < 1.29 is 22.3 Å². The fourth-order valence-corrected chi connectivity index (χ4v) is 3.81. The van der Waals surface area contributed by atoms with E-state index in [1.54, 1.807) is 17.6 Å². The van der Waals surface area contributed by atoms with Crippen molar-refractivity contribution in [3.8, 4) is 17.5 Å². The van der Waals surface area contributed by atoms with Crippen LogP contribution in [0.1, 0.15) is 31.2 Å². The predicted molar refractivity (Wildman–Crippen MR) is 104 cm³/mol. The minimum absolute atomic E-state index is 0.0162. The maximum atomic E-state index is 13.1. The molecule has 1 atom stereocenters. The summed E-state index contributed by atoms with van der Waals surface area (Å²) in [4.78, 5) is -0.0162. The van der Waals surface area contributed by atoms with Gasteiger partial charge in [-0.2, -0.15) is 0 Å². The van der Waals surface area contributed by atoms with Gasteiger partial charge in [-0.25, -0.2) is 17.9 Å². The van der Waals surface area contributed by atoms with Gasteiger partial charge >= 0.3 is 6.01 Å². The molecule has 0 fully saturated rings. The lowest BCUT2D eigenvalue weighted by molar-refractivity contribution is 0.408. The number of aromatic nitrogens is 3. The first-order chi connectivity index (χ1) is 13.7. The highest BCUT2D eigenvalue weighted by Crippen LogP contribution is 2.33. The molecular formula is C19H21FN4O4S.